The van der Waals surface area contributed by atoms with Crippen LogP contribution in [0.15, 0.2) is 15.9 Å². The van der Waals surface area contributed by atoms with E-state index in [1.54, 1.807) is 25.2 Å². The van der Waals surface area contributed by atoms with Gasteiger partial charge in [0, 0.05) is 10.9 Å². The molecule has 1 unspecified atom stereocenters. The molecule has 0 aliphatic rings. The van der Waals surface area contributed by atoms with Crippen molar-refractivity contribution in [1.82, 2.24) is 5.32 Å². The van der Waals surface area contributed by atoms with Gasteiger partial charge in [-0.05, 0) is 55.4 Å². The van der Waals surface area contributed by atoms with E-state index in [-0.39, 0.29) is 6.04 Å². The number of carbonyl (C=O) groups is 1. The highest BCUT2D eigenvalue weighted by molar-refractivity contribution is 9.11. The number of hydrogen-bond acceptors (Lipinski definition) is 3. The molecule has 0 spiro atoms. The van der Waals surface area contributed by atoms with E-state index in [1.165, 1.54) is 0 Å². The third kappa shape index (κ3) is 3.30. The summed E-state index contributed by atoms with van der Waals surface area (Å²) in [5.74, 6) is -0.761. The minimum atomic E-state index is -0.761. The highest BCUT2D eigenvalue weighted by Crippen LogP contribution is 2.34. The molecule has 0 aromatic carbocycles. The van der Waals surface area contributed by atoms with Gasteiger partial charge in [0.2, 0.25) is 0 Å². The summed E-state index contributed by atoms with van der Waals surface area (Å²) >= 11 is 5.05. The number of nitrogens with one attached hydrogen (secondary N) is 1. The Bertz CT molecular complexity index is 376. The van der Waals surface area contributed by atoms with Crippen LogP contribution < -0.4 is 5.32 Å². The molecule has 0 aliphatic heterocycles. The first-order chi connectivity index (χ1) is 7.36. The largest absolute Gasteiger partial charge is 0.481 e. The van der Waals surface area contributed by atoms with E-state index >= 15 is 0 Å². The van der Waals surface area contributed by atoms with Crippen LogP contribution in [0.4, 0.5) is 0 Å². The zero-order chi connectivity index (χ0) is 12.3. The smallest absolute Gasteiger partial charge is 0.309 e. The van der Waals surface area contributed by atoms with Gasteiger partial charge in [0.25, 0.3) is 0 Å². The Hall–Kier alpha value is -0.390. The maximum Gasteiger partial charge on any atom is 0.309 e. The van der Waals surface area contributed by atoms with Crippen molar-refractivity contribution in [2.45, 2.75) is 26.3 Å². The second-order valence-corrected chi connectivity index (χ2v) is 6.87. The number of hydrogen-bond donors (Lipinski definition) is 2. The quantitative estimate of drug-likeness (QED) is 0.878. The van der Waals surface area contributed by atoms with Gasteiger partial charge in [0.05, 0.1) is 9.20 Å². The standard InChI is InChI=1S/C11H16BrNO2S/c1-11(2,10(14)15)6-7(13-3)8-4-5-9(12)16-8/h4-5,7,13H,6H2,1-3H3,(H,14,15). The maximum atomic E-state index is 11.1. The van der Waals surface area contributed by atoms with Crippen molar-refractivity contribution in [3.63, 3.8) is 0 Å². The van der Waals surface area contributed by atoms with E-state index in [0.29, 0.717) is 6.42 Å². The summed E-state index contributed by atoms with van der Waals surface area (Å²) in [6.07, 6.45) is 0.575. The molecule has 0 radical (unpaired) electrons. The molecule has 0 amide bonds. The van der Waals surface area contributed by atoms with E-state index in [9.17, 15) is 4.79 Å². The Kier molecular flexibility index (Phi) is 4.52. The van der Waals surface area contributed by atoms with Gasteiger partial charge in [-0.2, -0.15) is 0 Å². The van der Waals surface area contributed by atoms with Gasteiger partial charge in [0.1, 0.15) is 0 Å². The molecule has 1 rings (SSSR count). The fourth-order valence-corrected chi connectivity index (χ4v) is 2.99. The maximum absolute atomic E-state index is 11.1. The van der Waals surface area contributed by atoms with Crippen LogP contribution in [-0.4, -0.2) is 18.1 Å². The molecule has 0 saturated carbocycles. The first-order valence-electron chi connectivity index (χ1n) is 5.02. The van der Waals surface area contributed by atoms with E-state index in [2.05, 4.69) is 21.2 Å². The van der Waals surface area contributed by atoms with Crippen LogP contribution in [0.2, 0.25) is 0 Å². The SMILES string of the molecule is CNC(CC(C)(C)C(=O)O)c1ccc(Br)s1. The fraction of sp³-hybridized carbons (Fsp3) is 0.545. The molecule has 0 fully saturated rings. The molecule has 90 valence electrons. The molecule has 1 aromatic heterocycles. The van der Waals surface area contributed by atoms with Gasteiger partial charge in [-0.3, -0.25) is 4.79 Å². The lowest BCUT2D eigenvalue weighted by Gasteiger charge is -2.25. The molecule has 3 nitrogen and oxygen atoms in total. The summed E-state index contributed by atoms with van der Waals surface area (Å²) in [5.41, 5.74) is -0.718. The molecule has 0 aliphatic carbocycles. The predicted octanol–water partition coefficient (Wildman–Crippen LogP) is 3.27. The molecule has 16 heavy (non-hydrogen) atoms. The Morgan fingerprint density at radius 2 is 2.25 bits per heavy atom. The van der Waals surface area contributed by atoms with E-state index in [0.717, 1.165) is 8.66 Å². The highest BCUT2D eigenvalue weighted by atomic mass is 79.9. The van der Waals surface area contributed by atoms with Crippen molar-refractivity contribution in [2.24, 2.45) is 5.41 Å². The Morgan fingerprint density at radius 3 is 2.62 bits per heavy atom. The number of aliphatic carboxylic acids is 1. The summed E-state index contributed by atoms with van der Waals surface area (Å²) in [6, 6.07) is 4.09. The van der Waals surface area contributed by atoms with E-state index in [4.69, 9.17) is 5.11 Å². The van der Waals surface area contributed by atoms with Crippen LogP contribution in [0.5, 0.6) is 0 Å². The molecule has 0 saturated heterocycles. The van der Waals surface area contributed by atoms with Crippen LogP contribution in [0.25, 0.3) is 0 Å². The van der Waals surface area contributed by atoms with Crippen molar-refractivity contribution in [2.75, 3.05) is 7.05 Å². The summed E-state index contributed by atoms with van der Waals surface area (Å²) in [4.78, 5) is 12.2. The van der Waals surface area contributed by atoms with Gasteiger partial charge in [-0.25, -0.2) is 0 Å². The lowest BCUT2D eigenvalue weighted by Crippen LogP contribution is -2.30. The molecule has 2 N–H and O–H groups in total. The van der Waals surface area contributed by atoms with Crippen LogP contribution in [0.1, 0.15) is 31.2 Å². The lowest BCUT2D eigenvalue weighted by atomic mass is 9.85. The average Bonchev–Trinajstić information content (AvgIpc) is 2.61. The van der Waals surface area contributed by atoms with Crippen LogP contribution in [0.3, 0.4) is 0 Å². The van der Waals surface area contributed by atoms with Crippen molar-refractivity contribution in [3.8, 4) is 0 Å². The third-order valence-corrected chi connectivity index (χ3v) is 4.32. The normalized spacial score (nSPS) is 13.8. The van der Waals surface area contributed by atoms with Crippen molar-refractivity contribution in [1.29, 1.82) is 0 Å². The lowest BCUT2D eigenvalue weighted by molar-refractivity contribution is -0.147. The second-order valence-electron chi connectivity index (χ2n) is 4.38. The van der Waals surface area contributed by atoms with Gasteiger partial charge >= 0.3 is 5.97 Å². The fourth-order valence-electron chi connectivity index (χ4n) is 1.46. The minimum absolute atomic E-state index is 0.0856. The van der Waals surface area contributed by atoms with Gasteiger partial charge in [-0.1, -0.05) is 0 Å². The Balaban J connectivity index is 2.81. The molecule has 1 aromatic rings. The molecule has 1 atom stereocenters. The number of rotatable bonds is 5. The monoisotopic (exact) mass is 305 g/mol. The third-order valence-electron chi connectivity index (χ3n) is 2.58. The average molecular weight is 306 g/mol. The summed E-state index contributed by atoms with van der Waals surface area (Å²) in [5, 5.41) is 12.3. The number of carboxylic acids is 1. The molecule has 5 heteroatoms. The Labute approximate surface area is 108 Å². The summed E-state index contributed by atoms with van der Waals surface area (Å²) in [6.45, 7) is 3.50. The molecular formula is C11H16BrNO2S. The van der Waals surface area contributed by atoms with E-state index in [1.807, 2.05) is 19.2 Å². The molecule has 1 heterocycles. The van der Waals surface area contributed by atoms with E-state index < -0.39 is 11.4 Å². The number of halogens is 1. The first kappa shape index (κ1) is 13.7. The number of carboxylic acid groups (broad SMARTS) is 1. The zero-order valence-corrected chi connectivity index (χ0v) is 12.0. The molecular weight excluding hydrogens is 290 g/mol. The van der Waals surface area contributed by atoms with Crippen LogP contribution >= 0.6 is 27.3 Å². The summed E-state index contributed by atoms with van der Waals surface area (Å²) in [7, 11) is 1.86. The Morgan fingerprint density at radius 1 is 1.62 bits per heavy atom. The van der Waals surface area contributed by atoms with Crippen molar-refractivity contribution >= 4 is 33.2 Å². The molecule has 0 bridgehead atoms. The highest BCUT2D eigenvalue weighted by Gasteiger charge is 2.31. The van der Waals surface area contributed by atoms with Crippen LogP contribution in [0, 0.1) is 5.41 Å². The van der Waals surface area contributed by atoms with Gasteiger partial charge in [-0.15, -0.1) is 11.3 Å². The van der Waals surface area contributed by atoms with Crippen LogP contribution in [-0.2, 0) is 4.79 Å². The van der Waals surface area contributed by atoms with Gasteiger partial charge < -0.3 is 10.4 Å². The van der Waals surface area contributed by atoms with Gasteiger partial charge in [0.15, 0.2) is 0 Å². The zero-order valence-electron chi connectivity index (χ0n) is 9.58. The number of thiophene rings is 1. The second kappa shape index (κ2) is 5.29. The van der Waals surface area contributed by atoms with Crippen molar-refractivity contribution < 1.29 is 9.90 Å². The first-order valence-corrected chi connectivity index (χ1v) is 6.63. The summed E-state index contributed by atoms with van der Waals surface area (Å²) < 4.78 is 1.07. The minimum Gasteiger partial charge on any atom is -0.481 e. The van der Waals surface area contributed by atoms with Crippen molar-refractivity contribution in [3.05, 3.63) is 20.8 Å². The predicted molar refractivity (Wildman–Crippen MR) is 69.9 cm³/mol. The topological polar surface area (TPSA) is 49.3 Å².